The van der Waals surface area contributed by atoms with Gasteiger partial charge in [-0.2, -0.15) is 0 Å². The van der Waals surface area contributed by atoms with E-state index in [-0.39, 0.29) is 0 Å². The Bertz CT molecular complexity index is 555. The molecule has 0 spiro atoms. The van der Waals surface area contributed by atoms with Gasteiger partial charge in [0.15, 0.2) is 5.82 Å². The number of aryl methyl sites for hydroxylation is 1. The molecule has 0 atom stereocenters. The van der Waals surface area contributed by atoms with Gasteiger partial charge in [-0.05, 0) is 25.0 Å². The lowest BCUT2D eigenvalue weighted by atomic mass is 10.0. The van der Waals surface area contributed by atoms with Crippen LogP contribution in [0, 0.1) is 5.82 Å². The van der Waals surface area contributed by atoms with Crippen molar-refractivity contribution in [1.82, 2.24) is 9.97 Å². The molecule has 0 radical (unpaired) electrons. The Kier molecular flexibility index (Phi) is 4.44. The van der Waals surface area contributed by atoms with Gasteiger partial charge in [-0.3, -0.25) is 0 Å². The fourth-order valence-electron chi connectivity index (χ4n) is 1.98. The predicted molar refractivity (Wildman–Crippen MR) is 75.6 cm³/mol. The zero-order chi connectivity index (χ0) is 13.7. The van der Waals surface area contributed by atoms with Crippen molar-refractivity contribution in [2.45, 2.75) is 26.7 Å². The maximum absolute atomic E-state index is 13.9. The molecule has 0 saturated heterocycles. The largest absolute Gasteiger partial charge is 0.354 e. The average molecular weight is 259 g/mol. The number of anilines is 1. The van der Waals surface area contributed by atoms with Crippen LogP contribution in [-0.4, -0.2) is 16.5 Å². The quantitative estimate of drug-likeness (QED) is 0.890. The van der Waals surface area contributed by atoms with Gasteiger partial charge in [0.2, 0.25) is 5.95 Å². The molecule has 0 unspecified atom stereocenters. The molecule has 1 aromatic heterocycles. The number of benzene rings is 1. The van der Waals surface area contributed by atoms with Crippen LogP contribution < -0.4 is 5.32 Å². The van der Waals surface area contributed by atoms with Gasteiger partial charge >= 0.3 is 0 Å². The highest BCUT2D eigenvalue weighted by atomic mass is 19.1. The summed E-state index contributed by atoms with van der Waals surface area (Å²) in [7, 11) is 0. The van der Waals surface area contributed by atoms with Crippen LogP contribution in [0.4, 0.5) is 10.3 Å². The average Bonchev–Trinajstić information content (AvgIpc) is 2.42. The third kappa shape index (κ3) is 3.28. The highest BCUT2D eigenvalue weighted by Gasteiger charge is 2.09. The Morgan fingerprint density at radius 1 is 1.26 bits per heavy atom. The maximum Gasteiger partial charge on any atom is 0.223 e. The molecule has 0 aliphatic carbocycles. The first-order chi connectivity index (χ1) is 9.24. The number of aromatic nitrogens is 2. The van der Waals surface area contributed by atoms with Gasteiger partial charge in [0.1, 0.15) is 5.69 Å². The molecule has 1 N–H and O–H groups in total. The van der Waals surface area contributed by atoms with Crippen LogP contribution in [0.3, 0.4) is 0 Å². The molecule has 0 saturated carbocycles. The number of hydrogen-bond donors (Lipinski definition) is 1. The second-order valence-electron chi connectivity index (χ2n) is 4.37. The lowest BCUT2D eigenvalue weighted by molar-refractivity contribution is 0.618. The van der Waals surface area contributed by atoms with Crippen molar-refractivity contribution >= 4 is 5.95 Å². The van der Waals surface area contributed by atoms with Crippen molar-refractivity contribution < 1.29 is 4.39 Å². The van der Waals surface area contributed by atoms with Gasteiger partial charge in [0.05, 0.1) is 6.20 Å². The van der Waals surface area contributed by atoms with E-state index in [1.807, 2.05) is 25.1 Å². The normalized spacial score (nSPS) is 10.5. The minimum absolute atomic E-state index is 0.351. The van der Waals surface area contributed by atoms with Crippen LogP contribution in [0.5, 0.6) is 0 Å². The van der Waals surface area contributed by atoms with Gasteiger partial charge in [-0.25, -0.2) is 14.4 Å². The second-order valence-corrected chi connectivity index (χ2v) is 4.37. The molecule has 0 bridgehead atoms. The fourth-order valence-corrected chi connectivity index (χ4v) is 1.98. The first-order valence-electron chi connectivity index (χ1n) is 6.60. The molecule has 3 nitrogen and oxygen atoms in total. The number of rotatable bonds is 5. The maximum atomic E-state index is 13.9. The zero-order valence-corrected chi connectivity index (χ0v) is 11.3. The summed E-state index contributed by atoms with van der Waals surface area (Å²) in [6.07, 6.45) is 3.27. The van der Waals surface area contributed by atoms with E-state index in [0.717, 1.165) is 18.4 Å². The number of nitrogens with zero attached hydrogens (tertiary/aromatic N) is 2. The van der Waals surface area contributed by atoms with Gasteiger partial charge in [0.25, 0.3) is 0 Å². The summed E-state index contributed by atoms with van der Waals surface area (Å²) in [4.78, 5) is 8.15. The molecule has 2 aromatic rings. The Morgan fingerprint density at radius 3 is 2.84 bits per heavy atom. The van der Waals surface area contributed by atoms with Gasteiger partial charge in [0, 0.05) is 12.1 Å². The van der Waals surface area contributed by atoms with E-state index in [4.69, 9.17) is 0 Å². The minimum atomic E-state index is -0.393. The molecule has 1 heterocycles. The summed E-state index contributed by atoms with van der Waals surface area (Å²) in [6.45, 7) is 4.79. The van der Waals surface area contributed by atoms with Crippen molar-refractivity contribution in [3.05, 3.63) is 41.8 Å². The number of nitrogens with one attached hydrogen (secondary N) is 1. The van der Waals surface area contributed by atoms with Crippen molar-refractivity contribution in [2.24, 2.45) is 0 Å². The molecule has 4 heteroatoms. The van der Waals surface area contributed by atoms with Gasteiger partial charge in [-0.1, -0.05) is 31.5 Å². The summed E-state index contributed by atoms with van der Waals surface area (Å²) in [5.41, 5.74) is 2.34. The molecule has 0 aliphatic heterocycles. The van der Waals surface area contributed by atoms with E-state index in [9.17, 15) is 4.39 Å². The number of halogens is 1. The highest BCUT2D eigenvalue weighted by molar-refractivity contribution is 5.61. The van der Waals surface area contributed by atoms with Crippen molar-refractivity contribution in [2.75, 3.05) is 11.9 Å². The molecule has 0 fully saturated rings. The van der Waals surface area contributed by atoms with Gasteiger partial charge < -0.3 is 5.32 Å². The Balaban J connectivity index is 2.39. The van der Waals surface area contributed by atoms with Crippen LogP contribution in [-0.2, 0) is 6.42 Å². The monoisotopic (exact) mass is 259 g/mol. The summed E-state index contributed by atoms with van der Waals surface area (Å²) >= 11 is 0. The zero-order valence-electron chi connectivity index (χ0n) is 11.3. The highest BCUT2D eigenvalue weighted by Crippen LogP contribution is 2.22. The summed E-state index contributed by atoms with van der Waals surface area (Å²) in [5.74, 6) is 0.0649. The molecule has 0 amide bonds. The van der Waals surface area contributed by atoms with Crippen LogP contribution in [0.25, 0.3) is 11.3 Å². The smallest absolute Gasteiger partial charge is 0.223 e. The van der Waals surface area contributed by atoms with E-state index in [0.29, 0.717) is 18.2 Å². The Labute approximate surface area is 112 Å². The minimum Gasteiger partial charge on any atom is -0.354 e. The summed E-state index contributed by atoms with van der Waals surface area (Å²) < 4.78 is 13.9. The number of hydrogen-bond acceptors (Lipinski definition) is 3. The van der Waals surface area contributed by atoms with Crippen LogP contribution in [0.15, 0.2) is 30.5 Å². The van der Waals surface area contributed by atoms with Crippen LogP contribution in [0.2, 0.25) is 0 Å². The SMILES string of the molecule is CCCc1cccc(-c2nc(NCC)ncc2F)c1. The van der Waals surface area contributed by atoms with Crippen LogP contribution in [0.1, 0.15) is 25.8 Å². The van der Waals surface area contributed by atoms with Gasteiger partial charge in [-0.15, -0.1) is 0 Å². The topological polar surface area (TPSA) is 37.8 Å². The molecule has 2 rings (SSSR count). The first kappa shape index (κ1) is 13.5. The fraction of sp³-hybridized carbons (Fsp3) is 0.333. The van der Waals surface area contributed by atoms with E-state index in [1.54, 1.807) is 0 Å². The Morgan fingerprint density at radius 2 is 2.11 bits per heavy atom. The predicted octanol–water partition coefficient (Wildman–Crippen LogP) is 3.67. The summed E-state index contributed by atoms with van der Waals surface area (Å²) in [6, 6.07) is 7.86. The van der Waals surface area contributed by atoms with E-state index >= 15 is 0 Å². The van der Waals surface area contributed by atoms with Crippen molar-refractivity contribution in [3.63, 3.8) is 0 Å². The Hall–Kier alpha value is -1.97. The molecular formula is C15H18FN3. The first-order valence-corrected chi connectivity index (χ1v) is 6.60. The molecule has 100 valence electrons. The molecule has 0 aliphatic rings. The summed E-state index contributed by atoms with van der Waals surface area (Å²) in [5, 5.41) is 3.00. The molecule has 19 heavy (non-hydrogen) atoms. The third-order valence-corrected chi connectivity index (χ3v) is 2.82. The lowest BCUT2D eigenvalue weighted by Crippen LogP contribution is -2.04. The van der Waals surface area contributed by atoms with E-state index < -0.39 is 5.82 Å². The van der Waals surface area contributed by atoms with E-state index in [2.05, 4.69) is 28.3 Å². The van der Waals surface area contributed by atoms with E-state index in [1.165, 1.54) is 11.8 Å². The van der Waals surface area contributed by atoms with Crippen LogP contribution >= 0.6 is 0 Å². The van der Waals surface area contributed by atoms with Crippen molar-refractivity contribution in [3.8, 4) is 11.3 Å². The van der Waals surface area contributed by atoms with Crippen molar-refractivity contribution in [1.29, 1.82) is 0 Å². The molecular weight excluding hydrogens is 241 g/mol. The third-order valence-electron chi connectivity index (χ3n) is 2.82. The molecule has 1 aromatic carbocycles. The lowest BCUT2D eigenvalue weighted by Gasteiger charge is -2.07. The standard InChI is InChI=1S/C15H18FN3/c1-3-6-11-7-5-8-12(9-11)14-13(16)10-18-15(19-14)17-4-2/h5,7-10H,3-4,6H2,1-2H3,(H,17,18,19). The second kappa shape index (κ2) is 6.27.